The highest BCUT2D eigenvalue weighted by Gasteiger charge is 2.40. The van der Waals surface area contributed by atoms with Crippen molar-refractivity contribution < 1.29 is 4.92 Å². The third-order valence-electron chi connectivity index (χ3n) is 4.92. The molecule has 2 aliphatic heterocycles. The molecule has 21 heavy (non-hydrogen) atoms. The third-order valence-corrected chi connectivity index (χ3v) is 4.92. The van der Waals surface area contributed by atoms with Crippen molar-refractivity contribution in [2.24, 2.45) is 5.41 Å². The summed E-state index contributed by atoms with van der Waals surface area (Å²) in [6.45, 7) is 5.65. The van der Waals surface area contributed by atoms with Crippen molar-refractivity contribution >= 4 is 5.69 Å². The van der Waals surface area contributed by atoms with Gasteiger partial charge in [-0.05, 0) is 50.4 Å². The van der Waals surface area contributed by atoms with E-state index >= 15 is 0 Å². The predicted octanol–water partition coefficient (Wildman–Crippen LogP) is 2.51. The molecule has 2 aliphatic rings. The highest BCUT2D eigenvalue weighted by molar-refractivity contribution is 5.32. The summed E-state index contributed by atoms with van der Waals surface area (Å²) >= 11 is 0. The van der Waals surface area contributed by atoms with Crippen LogP contribution in [-0.4, -0.2) is 47.9 Å². The van der Waals surface area contributed by atoms with Crippen LogP contribution >= 0.6 is 0 Å². The van der Waals surface area contributed by atoms with Gasteiger partial charge in [-0.3, -0.25) is 15.0 Å². The summed E-state index contributed by atoms with van der Waals surface area (Å²) in [5, 5.41) is 10.7. The summed E-state index contributed by atoms with van der Waals surface area (Å²) in [4.78, 5) is 15.3. The van der Waals surface area contributed by atoms with Crippen molar-refractivity contribution in [1.82, 2.24) is 9.80 Å². The van der Waals surface area contributed by atoms with Crippen LogP contribution in [0.2, 0.25) is 0 Å². The van der Waals surface area contributed by atoms with E-state index in [0.717, 1.165) is 19.6 Å². The second-order valence-electron chi connectivity index (χ2n) is 6.73. The first kappa shape index (κ1) is 14.5. The zero-order valence-electron chi connectivity index (χ0n) is 12.6. The van der Waals surface area contributed by atoms with Gasteiger partial charge in [-0.2, -0.15) is 0 Å². The largest absolute Gasteiger partial charge is 0.306 e. The Morgan fingerprint density at radius 1 is 1.19 bits per heavy atom. The number of non-ortho nitro benzene ring substituents is 1. The molecule has 0 aliphatic carbocycles. The van der Waals surface area contributed by atoms with E-state index in [1.54, 1.807) is 12.1 Å². The predicted molar refractivity (Wildman–Crippen MR) is 82.2 cm³/mol. The topological polar surface area (TPSA) is 49.6 Å². The molecule has 1 spiro atoms. The smallest absolute Gasteiger partial charge is 0.269 e. The van der Waals surface area contributed by atoms with Crippen LogP contribution in [0.4, 0.5) is 5.69 Å². The number of piperidine rings is 1. The van der Waals surface area contributed by atoms with Crippen LogP contribution in [0.1, 0.15) is 24.8 Å². The van der Waals surface area contributed by atoms with Crippen molar-refractivity contribution in [2.45, 2.75) is 25.8 Å². The van der Waals surface area contributed by atoms with Crippen LogP contribution in [0.5, 0.6) is 0 Å². The molecule has 1 aromatic carbocycles. The van der Waals surface area contributed by atoms with Gasteiger partial charge in [0.05, 0.1) is 4.92 Å². The van der Waals surface area contributed by atoms with E-state index in [1.165, 1.54) is 37.9 Å². The van der Waals surface area contributed by atoms with Crippen LogP contribution in [0.15, 0.2) is 24.3 Å². The minimum atomic E-state index is -0.341. The monoisotopic (exact) mass is 289 g/mol. The molecular formula is C16H23N3O2. The van der Waals surface area contributed by atoms with E-state index in [0.29, 0.717) is 5.41 Å². The summed E-state index contributed by atoms with van der Waals surface area (Å²) in [5.74, 6) is 0. The Kier molecular flexibility index (Phi) is 3.95. The van der Waals surface area contributed by atoms with Gasteiger partial charge >= 0.3 is 0 Å². The van der Waals surface area contributed by atoms with Gasteiger partial charge in [0.25, 0.3) is 5.69 Å². The number of nitro groups is 1. The van der Waals surface area contributed by atoms with E-state index in [1.807, 2.05) is 12.1 Å². The van der Waals surface area contributed by atoms with Gasteiger partial charge in [0.2, 0.25) is 0 Å². The first-order valence-electron chi connectivity index (χ1n) is 7.71. The molecule has 2 heterocycles. The third kappa shape index (κ3) is 3.24. The number of benzene rings is 1. The van der Waals surface area contributed by atoms with Crippen molar-refractivity contribution in [3.05, 3.63) is 39.9 Å². The van der Waals surface area contributed by atoms with Crippen LogP contribution in [0.3, 0.4) is 0 Å². The average Bonchev–Trinajstić information content (AvgIpc) is 2.81. The minimum Gasteiger partial charge on any atom is -0.306 e. The summed E-state index contributed by atoms with van der Waals surface area (Å²) in [5.41, 5.74) is 1.82. The minimum absolute atomic E-state index is 0.172. The van der Waals surface area contributed by atoms with Gasteiger partial charge in [-0.15, -0.1) is 0 Å². The zero-order chi connectivity index (χ0) is 14.9. The molecule has 0 N–H and O–H groups in total. The fourth-order valence-electron chi connectivity index (χ4n) is 3.93. The average molecular weight is 289 g/mol. The Morgan fingerprint density at radius 2 is 1.95 bits per heavy atom. The van der Waals surface area contributed by atoms with Crippen LogP contribution in [-0.2, 0) is 6.54 Å². The molecule has 0 bridgehead atoms. The highest BCUT2D eigenvalue weighted by Crippen LogP contribution is 2.39. The molecule has 2 saturated heterocycles. The van der Waals surface area contributed by atoms with E-state index < -0.39 is 0 Å². The molecule has 0 saturated carbocycles. The summed E-state index contributed by atoms with van der Waals surface area (Å²) < 4.78 is 0. The van der Waals surface area contributed by atoms with Crippen LogP contribution in [0, 0.1) is 15.5 Å². The van der Waals surface area contributed by atoms with Gasteiger partial charge in [0.15, 0.2) is 0 Å². The standard InChI is InChI=1S/C16H23N3O2/c1-17-9-2-7-16(12-17)8-10-18(13-16)11-14-3-5-15(6-4-14)19(20)21/h3-6H,2,7-13H2,1H3. The first-order valence-corrected chi connectivity index (χ1v) is 7.71. The Bertz CT molecular complexity index is 517. The number of likely N-dealkylation sites (tertiary alicyclic amines) is 2. The van der Waals surface area contributed by atoms with Crippen LogP contribution in [0.25, 0.3) is 0 Å². The molecule has 5 heteroatoms. The lowest BCUT2D eigenvalue weighted by atomic mass is 9.79. The lowest BCUT2D eigenvalue weighted by Gasteiger charge is -2.38. The van der Waals surface area contributed by atoms with Crippen molar-refractivity contribution in [1.29, 1.82) is 0 Å². The number of hydrogen-bond acceptors (Lipinski definition) is 4. The summed E-state index contributed by atoms with van der Waals surface area (Å²) in [6, 6.07) is 6.98. The van der Waals surface area contributed by atoms with Crippen molar-refractivity contribution in [3.63, 3.8) is 0 Å². The molecule has 0 radical (unpaired) electrons. The van der Waals surface area contributed by atoms with Gasteiger partial charge in [-0.25, -0.2) is 0 Å². The normalized spacial score (nSPS) is 27.3. The molecule has 0 aromatic heterocycles. The second-order valence-corrected chi connectivity index (χ2v) is 6.73. The molecule has 1 unspecified atom stereocenters. The van der Waals surface area contributed by atoms with Crippen molar-refractivity contribution in [3.8, 4) is 0 Å². The number of nitro benzene ring substituents is 1. The maximum atomic E-state index is 10.7. The molecule has 0 amide bonds. The number of hydrogen-bond donors (Lipinski definition) is 0. The second kappa shape index (κ2) is 5.73. The lowest BCUT2D eigenvalue weighted by Crippen LogP contribution is -2.42. The number of rotatable bonds is 3. The molecule has 114 valence electrons. The first-order chi connectivity index (χ1) is 10.1. The maximum absolute atomic E-state index is 10.7. The molecule has 1 atom stereocenters. The fraction of sp³-hybridized carbons (Fsp3) is 0.625. The van der Waals surface area contributed by atoms with Crippen molar-refractivity contribution in [2.75, 3.05) is 33.2 Å². The quantitative estimate of drug-likeness (QED) is 0.634. The Morgan fingerprint density at radius 3 is 2.62 bits per heavy atom. The maximum Gasteiger partial charge on any atom is 0.269 e. The summed E-state index contributed by atoms with van der Waals surface area (Å²) in [7, 11) is 2.22. The molecule has 1 aromatic rings. The molecular weight excluding hydrogens is 266 g/mol. The Labute approximate surface area is 125 Å². The van der Waals surface area contributed by atoms with E-state index in [4.69, 9.17) is 0 Å². The molecule has 5 nitrogen and oxygen atoms in total. The van der Waals surface area contributed by atoms with E-state index in [2.05, 4.69) is 16.8 Å². The fourth-order valence-corrected chi connectivity index (χ4v) is 3.93. The highest BCUT2D eigenvalue weighted by atomic mass is 16.6. The summed E-state index contributed by atoms with van der Waals surface area (Å²) in [6.07, 6.45) is 3.93. The zero-order valence-corrected chi connectivity index (χ0v) is 12.6. The number of nitrogens with zero attached hydrogens (tertiary/aromatic N) is 3. The Hall–Kier alpha value is -1.46. The van der Waals surface area contributed by atoms with Gasteiger partial charge < -0.3 is 4.90 Å². The van der Waals surface area contributed by atoms with Gasteiger partial charge in [-0.1, -0.05) is 12.1 Å². The van der Waals surface area contributed by atoms with E-state index in [-0.39, 0.29) is 10.6 Å². The van der Waals surface area contributed by atoms with Gasteiger partial charge in [0.1, 0.15) is 0 Å². The van der Waals surface area contributed by atoms with Gasteiger partial charge in [0, 0.05) is 31.8 Å². The molecule has 2 fully saturated rings. The SMILES string of the molecule is CN1CCCC2(CCN(Cc3ccc([N+](=O)[O-])cc3)C2)C1. The van der Waals surface area contributed by atoms with E-state index in [9.17, 15) is 10.1 Å². The Balaban J connectivity index is 1.60. The lowest BCUT2D eigenvalue weighted by molar-refractivity contribution is -0.384. The van der Waals surface area contributed by atoms with Crippen LogP contribution < -0.4 is 0 Å². The molecule has 3 rings (SSSR count).